The third-order valence-electron chi connectivity index (χ3n) is 16.7. The van der Waals surface area contributed by atoms with E-state index in [1.165, 1.54) is 152 Å². The normalized spacial score (nSPS) is 13.8. The summed E-state index contributed by atoms with van der Waals surface area (Å²) < 4.78 is 0. The first-order valence-corrected chi connectivity index (χ1v) is 28.5. The summed E-state index contributed by atoms with van der Waals surface area (Å²) >= 11 is 0. The van der Waals surface area contributed by atoms with E-state index in [4.69, 9.17) is 0 Å². The number of fused-ring (bicyclic) bond motifs is 20. The molecular weight excluding hydrogens is 891 g/mol. The summed E-state index contributed by atoms with van der Waals surface area (Å²) in [6.07, 6.45) is 0. The summed E-state index contributed by atoms with van der Waals surface area (Å²) in [4.78, 5) is 0. The van der Waals surface area contributed by atoms with Gasteiger partial charge in [0.2, 0.25) is 0 Å². The second-order valence-electron chi connectivity index (χ2n) is 19.9. The fourth-order valence-corrected chi connectivity index (χ4v) is 18.5. The van der Waals surface area contributed by atoms with Gasteiger partial charge in [-0.15, -0.1) is 15.1 Å². The Hall–Kier alpha value is -7.98. The van der Waals surface area contributed by atoms with Gasteiger partial charge in [0.15, 0.2) is 0 Å². The molecule has 0 fully saturated rings. The molecule has 2 unspecified atom stereocenters. The van der Waals surface area contributed by atoms with Crippen LogP contribution in [0.25, 0.3) is 130 Å². The Kier molecular flexibility index (Phi) is 8.16. The lowest BCUT2D eigenvalue weighted by Crippen LogP contribution is -2.26. The molecule has 0 saturated heterocycles. The van der Waals surface area contributed by atoms with E-state index in [2.05, 4.69) is 244 Å². The minimum Gasteiger partial charge on any atom is -0.111 e. The summed E-state index contributed by atoms with van der Waals surface area (Å²) in [6, 6.07) is 88.9. The van der Waals surface area contributed by atoms with Gasteiger partial charge in [-0.2, -0.15) is 0 Å². The van der Waals surface area contributed by atoms with Gasteiger partial charge in [0.05, 0.1) is 5.41 Å². The average molecular weight is 935 g/mol. The van der Waals surface area contributed by atoms with Gasteiger partial charge >= 0.3 is 0 Å². The van der Waals surface area contributed by atoms with Crippen LogP contribution in [0, 0.1) is 0 Å². The van der Waals surface area contributed by atoms with Crippen molar-refractivity contribution in [2.24, 2.45) is 13.3 Å². The fourth-order valence-electron chi connectivity index (χ4n) is 14.0. The topological polar surface area (TPSA) is 0 Å². The molecule has 0 amide bonds. The van der Waals surface area contributed by atoms with Gasteiger partial charge in [-0.3, -0.25) is 0 Å². The van der Waals surface area contributed by atoms with Crippen molar-refractivity contribution in [2.45, 2.75) is 5.41 Å². The van der Waals surface area contributed by atoms with E-state index in [1.807, 2.05) is 0 Å². The van der Waals surface area contributed by atoms with Gasteiger partial charge < -0.3 is 0 Å². The lowest BCUT2D eigenvalue weighted by atomic mass is 9.68. The van der Waals surface area contributed by atoms with Crippen molar-refractivity contribution in [2.75, 3.05) is 0 Å². The molecule has 1 spiro atoms. The molecule has 330 valence electrons. The third kappa shape index (κ3) is 5.07. The average Bonchev–Trinajstić information content (AvgIpc) is 4.12. The minimum atomic E-state index is -0.559. The molecule has 0 aliphatic heterocycles. The van der Waals surface area contributed by atoms with Gasteiger partial charge in [0.1, 0.15) is 0 Å². The van der Waals surface area contributed by atoms with E-state index in [0.717, 1.165) is 0 Å². The molecule has 16 rings (SSSR count). The molecule has 2 aliphatic rings. The molecule has 71 heavy (non-hydrogen) atoms. The Balaban J connectivity index is 1.10. The molecule has 0 bridgehead atoms. The number of rotatable bonds is 3. The Morgan fingerprint density at radius 1 is 0.268 bits per heavy atom. The van der Waals surface area contributed by atoms with E-state index >= 15 is 0 Å². The second-order valence-corrected chi connectivity index (χ2v) is 24.0. The zero-order valence-electron chi connectivity index (χ0n) is 39.3. The Morgan fingerprint density at radius 2 is 0.676 bits per heavy atom. The number of hydrogen-bond donors (Lipinski definition) is 0. The molecule has 0 nitrogen and oxygen atoms in total. The molecule has 0 N–H and O–H groups in total. The summed E-state index contributed by atoms with van der Waals surface area (Å²) in [5, 5.41) is 19.2. The lowest BCUT2D eigenvalue weighted by molar-refractivity contribution is 0.796. The molecule has 2 aromatic heterocycles. The first-order chi connectivity index (χ1) is 35.1. The maximum Gasteiger partial charge on any atom is 0.0731 e. The van der Waals surface area contributed by atoms with E-state index in [9.17, 15) is 0 Å². The van der Waals surface area contributed by atoms with Gasteiger partial charge in [-0.05, 0) is 151 Å². The zero-order chi connectivity index (χ0) is 46.7. The smallest absolute Gasteiger partial charge is 0.0731 e. The van der Waals surface area contributed by atoms with Crippen LogP contribution in [0.2, 0.25) is 0 Å². The SMILES string of the molecule is Cp1c2ccccc2c2cccc(-c3cccc4c(-c5cccc6c5C5(c7ccccc7-c7ccccc75)c5ccc7ccccc7c5-6)c5cccc(-c6cccc7c8ccccc8p(C)c67)c5cc34)c21. The predicted octanol–water partition coefficient (Wildman–Crippen LogP) is 20.2. The van der Waals surface area contributed by atoms with Crippen molar-refractivity contribution in [3.05, 3.63) is 253 Å². The monoisotopic (exact) mass is 934 g/mol. The maximum atomic E-state index is 2.58. The Bertz CT molecular complexity index is 4450. The van der Waals surface area contributed by atoms with E-state index in [1.54, 1.807) is 0 Å². The van der Waals surface area contributed by atoms with Crippen LogP contribution < -0.4 is 0 Å². The fraction of sp³-hybridized carbons (Fsp3) is 0.0435. The van der Waals surface area contributed by atoms with E-state index < -0.39 is 20.5 Å². The van der Waals surface area contributed by atoms with Crippen molar-refractivity contribution in [3.63, 3.8) is 0 Å². The van der Waals surface area contributed by atoms with Crippen LogP contribution in [0.1, 0.15) is 22.3 Å². The van der Waals surface area contributed by atoms with Crippen molar-refractivity contribution in [1.82, 2.24) is 0 Å². The lowest BCUT2D eigenvalue weighted by Gasteiger charge is -2.33. The van der Waals surface area contributed by atoms with E-state index in [0.29, 0.717) is 0 Å². The van der Waals surface area contributed by atoms with Crippen molar-refractivity contribution in [1.29, 1.82) is 0 Å². The highest BCUT2D eigenvalue weighted by atomic mass is 31.1. The van der Waals surface area contributed by atoms with Crippen LogP contribution in [-0.2, 0) is 18.7 Å². The molecule has 2 heterocycles. The Labute approximate surface area is 414 Å². The highest BCUT2D eigenvalue weighted by molar-refractivity contribution is 7.60. The van der Waals surface area contributed by atoms with Crippen LogP contribution in [0.3, 0.4) is 0 Å². The van der Waals surface area contributed by atoms with Crippen LogP contribution in [0.15, 0.2) is 231 Å². The van der Waals surface area contributed by atoms with Crippen molar-refractivity contribution < 1.29 is 0 Å². The van der Waals surface area contributed by atoms with E-state index in [-0.39, 0.29) is 0 Å². The summed E-state index contributed by atoms with van der Waals surface area (Å²) in [5.74, 6) is 0. The van der Waals surface area contributed by atoms with Gasteiger partial charge in [-0.1, -0.05) is 224 Å². The minimum absolute atomic E-state index is 0.545. The first-order valence-electron chi connectivity index (χ1n) is 24.9. The molecular formula is C69H44P2. The Morgan fingerprint density at radius 3 is 1.25 bits per heavy atom. The predicted molar refractivity (Wildman–Crippen MR) is 309 cm³/mol. The molecule has 2 atom stereocenters. The maximum absolute atomic E-state index is 2.58. The van der Waals surface area contributed by atoms with Gasteiger partial charge in [0.25, 0.3) is 0 Å². The standard InChI is InChI=1S/C69H44P2/c1-70-62-36-11-7-22-47(62)53-30-15-28-51(67(53)70)43-24-13-26-49-57(43)40-58-44(52-29-16-31-54-48-23-8-12-37-63(48)71(2)68(52)54)25-14-27-50(58)64(49)55-32-17-33-56-65-42-19-4-3-18-41(42)38-39-61(65)69(66(55)56)59-34-9-5-20-45(59)46-21-6-10-35-60(46)69/h3-40H,1-2H3. The van der Waals surface area contributed by atoms with Gasteiger partial charge in [-0.25, -0.2) is 0 Å². The van der Waals surface area contributed by atoms with Crippen LogP contribution >= 0.6 is 15.1 Å². The zero-order valence-corrected chi connectivity index (χ0v) is 41.1. The number of hydrogen-bond acceptors (Lipinski definition) is 0. The summed E-state index contributed by atoms with van der Waals surface area (Å²) in [6.45, 7) is 4.94. The largest absolute Gasteiger partial charge is 0.111 e. The highest BCUT2D eigenvalue weighted by Gasteiger charge is 2.53. The van der Waals surface area contributed by atoms with Gasteiger partial charge in [0, 0.05) is 20.5 Å². The molecule has 2 aliphatic carbocycles. The summed E-state index contributed by atoms with van der Waals surface area (Å²) in [5.41, 5.74) is 18.2. The molecule has 12 aromatic carbocycles. The first kappa shape index (κ1) is 39.8. The molecule has 0 saturated carbocycles. The van der Waals surface area contributed by atoms with Crippen molar-refractivity contribution >= 4 is 89.4 Å². The second kappa shape index (κ2) is 14.5. The number of benzene rings is 12. The molecule has 2 heteroatoms. The third-order valence-corrected chi connectivity index (χ3v) is 21.3. The highest BCUT2D eigenvalue weighted by Crippen LogP contribution is 2.66. The quantitative estimate of drug-likeness (QED) is 0.155. The molecule has 0 radical (unpaired) electrons. The number of aryl methyl sites for hydroxylation is 2. The van der Waals surface area contributed by atoms with Crippen molar-refractivity contribution in [3.8, 4) is 55.6 Å². The van der Waals surface area contributed by atoms with Crippen LogP contribution in [0.4, 0.5) is 0 Å². The molecule has 14 aromatic rings. The van der Waals surface area contributed by atoms with Crippen LogP contribution in [-0.4, -0.2) is 0 Å². The summed E-state index contributed by atoms with van der Waals surface area (Å²) in [7, 11) is -1.12. The van der Waals surface area contributed by atoms with Crippen LogP contribution in [0.5, 0.6) is 0 Å².